The standard InChI is InChI=1S/C18H24N4O3S/c1-14-7-3-4-8-16(14)22(26(2,24)25)13-18(23)19-11-15-12-21-10-6-5-9-17(21)20-15/h3-4,7-8,12H,5-6,9-11,13H2,1-2H3,(H,19,23). The number of aromatic nitrogens is 2. The average Bonchev–Trinajstić information content (AvgIpc) is 3.01. The van der Waals surface area contributed by atoms with Crippen molar-refractivity contribution in [2.75, 3.05) is 17.1 Å². The Morgan fingerprint density at radius 1 is 1.31 bits per heavy atom. The highest BCUT2D eigenvalue weighted by Crippen LogP contribution is 2.21. The van der Waals surface area contributed by atoms with Crippen LogP contribution >= 0.6 is 0 Å². The summed E-state index contributed by atoms with van der Waals surface area (Å²) in [5.74, 6) is 0.697. The molecule has 2 heterocycles. The number of fused-ring (bicyclic) bond motifs is 1. The lowest BCUT2D eigenvalue weighted by molar-refractivity contribution is -0.119. The highest BCUT2D eigenvalue weighted by Gasteiger charge is 2.22. The second-order valence-electron chi connectivity index (χ2n) is 6.63. The molecule has 3 rings (SSSR count). The molecule has 0 unspecified atom stereocenters. The minimum Gasteiger partial charge on any atom is -0.349 e. The van der Waals surface area contributed by atoms with Gasteiger partial charge in [-0.15, -0.1) is 0 Å². The maximum atomic E-state index is 12.3. The smallest absolute Gasteiger partial charge is 0.241 e. The zero-order chi connectivity index (χ0) is 18.7. The molecule has 7 nitrogen and oxygen atoms in total. The second-order valence-corrected chi connectivity index (χ2v) is 8.54. The topological polar surface area (TPSA) is 84.3 Å². The van der Waals surface area contributed by atoms with Gasteiger partial charge in [0.15, 0.2) is 0 Å². The second kappa shape index (κ2) is 7.49. The molecule has 0 aliphatic carbocycles. The number of carbonyl (C=O) groups is 1. The van der Waals surface area contributed by atoms with Gasteiger partial charge in [0.25, 0.3) is 0 Å². The van der Waals surface area contributed by atoms with Crippen LogP contribution in [-0.2, 0) is 34.3 Å². The number of imidazole rings is 1. The van der Waals surface area contributed by atoms with Crippen molar-refractivity contribution in [3.05, 3.63) is 47.5 Å². The summed E-state index contributed by atoms with van der Waals surface area (Å²) < 4.78 is 27.6. The Kier molecular flexibility index (Phi) is 5.31. The van der Waals surface area contributed by atoms with E-state index in [1.807, 2.05) is 25.3 Å². The van der Waals surface area contributed by atoms with Gasteiger partial charge in [-0.25, -0.2) is 13.4 Å². The highest BCUT2D eigenvalue weighted by molar-refractivity contribution is 7.92. The van der Waals surface area contributed by atoms with Crippen LogP contribution in [0, 0.1) is 6.92 Å². The van der Waals surface area contributed by atoms with Crippen molar-refractivity contribution in [2.45, 2.75) is 39.3 Å². The van der Waals surface area contributed by atoms with Gasteiger partial charge in [0.1, 0.15) is 12.4 Å². The lowest BCUT2D eigenvalue weighted by Gasteiger charge is -2.23. The summed E-state index contributed by atoms with van der Waals surface area (Å²) in [6.45, 7) is 2.83. The first-order valence-electron chi connectivity index (χ1n) is 8.69. The predicted molar refractivity (Wildman–Crippen MR) is 100 cm³/mol. The molecule has 0 spiro atoms. The minimum absolute atomic E-state index is 0.253. The van der Waals surface area contributed by atoms with E-state index < -0.39 is 10.0 Å². The Hall–Kier alpha value is -2.35. The van der Waals surface area contributed by atoms with Gasteiger partial charge >= 0.3 is 0 Å². The molecule has 2 aromatic rings. The number of anilines is 1. The van der Waals surface area contributed by atoms with Crippen LogP contribution in [0.4, 0.5) is 5.69 Å². The summed E-state index contributed by atoms with van der Waals surface area (Å²) in [6.07, 6.45) is 6.32. The van der Waals surface area contributed by atoms with Crippen LogP contribution in [0.25, 0.3) is 0 Å². The summed E-state index contributed by atoms with van der Waals surface area (Å²) in [5, 5.41) is 2.78. The summed E-state index contributed by atoms with van der Waals surface area (Å²) in [4.78, 5) is 16.9. The summed E-state index contributed by atoms with van der Waals surface area (Å²) in [7, 11) is -3.57. The molecule has 0 atom stereocenters. The molecule has 0 saturated heterocycles. The fourth-order valence-corrected chi connectivity index (χ4v) is 4.07. The average molecular weight is 376 g/mol. The maximum absolute atomic E-state index is 12.3. The summed E-state index contributed by atoms with van der Waals surface area (Å²) >= 11 is 0. The van der Waals surface area contributed by atoms with Gasteiger partial charge in [-0.1, -0.05) is 18.2 Å². The Labute approximate surface area is 154 Å². The van der Waals surface area contributed by atoms with Gasteiger partial charge in [-0.3, -0.25) is 9.10 Å². The van der Waals surface area contributed by atoms with E-state index >= 15 is 0 Å². The number of rotatable bonds is 6. The molecule has 0 fully saturated rings. The van der Waals surface area contributed by atoms with E-state index in [9.17, 15) is 13.2 Å². The van der Waals surface area contributed by atoms with E-state index in [2.05, 4.69) is 14.9 Å². The SMILES string of the molecule is Cc1ccccc1N(CC(=O)NCc1cn2c(n1)CCCC2)S(C)(=O)=O. The van der Waals surface area contributed by atoms with Crippen LogP contribution in [0.15, 0.2) is 30.5 Å². The number of hydrogen-bond donors (Lipinski definition) is 1. The number of para-hydroxylation sites is 1. The first-order chi connectivity index (χ1) is 12.3. The molecule has 1 amide bonds. The first-order valence-corrected chi connectivity index (χ1v) is 10.5. The third kappa shape index (κ3) is 4.24. The quantitative estimate of drug-likeness (QED) is 0.830. The third-order valence-corrected chi connectivity index (χ3v) is 5.62. The van der Waals surface area contributed by atoms with Gasteiger partial charge < -0.3 is 9.88 Å². The highest BCUT2D eigenvalue weighted by atomic mass is 32.2. The predicted octanol–water partition coefficient (Wildman–Crippen LogP) is 1.61. The lowest BCUT2D eigenvalue weighted by atomic mass is 10.2. The molecule has 1 aromatic carbocycles. The van der Waals surface area contributed by atoms with E-state index in [0.29, 0.717) is 12.2 Å². The number of hydrogen-bond acceptors (Lipinski definition) is 4. The van der Waals surface area contributed by atoms with Gasteiger partial charge in [0, 0.05) is 19.2 Å². The third-order valence-electron chi connectivity index (χ3n) is 4.50. The van der Waals surface area contributed by atoms with Crippen LogP contribution < -0.4 is 9.62 Å². The number of nitrogens with one attached hydrogen (secondary N) is 1. The Balaban J connectivity index is 1.67. The lowest BCUT2D eigenvalue weighted by Crippen LogP contribution is -2.40. The van der Waals surface area contributed by atoms with E-state index in [-0.39, 0.29) is 12.5 Å². The maximum Gasteiger partial charge on any atom is 0.241 e. The molecule has 1 aromatic heterocycles. The van der Waals surface area contributed by atoms with E-state index in [0.717, 1.165) is 53.4 Å². The van der Waals surface area contributed by atoms with E-state index in [4.69, 9.17) is 0 Å². The molecule has 8 heteroatoms. The fraction of sp³-hybridized carbons (Fsp3) is 0.444. The number of benzene rings is 1. The molecular formula is C18H24N4O3S. The van der Waals surface area contributed by atoms with Crippen LogP contribution in [0.2, 0.25) is 0 Å². The number of nitrogens with zero attached hydrogens (tertiary/aromatic N) is 3. The van der Waals surface area contributed by atoms with Crippen molar-refractivity contribution >= 4 is 21.6 Å². The van der Waals surface area contributed by atoms with Crippen molar-refractivity contribution in [2.24, 2.45) is 0 Å². The number of carbonyl (C=O) groups excluding carboxylic acids is 1. The van der Waals surface area contributed by atoms with Gasteiger partial charge in [0.05, 0.1) is 24.2 Å². The zero-order valence-corrected chi connectivity index (χ0v) is 15.9. The molecule has 26 heavy (non-hydrogen) atoms. The molecule has 0 saturated carbocycles. The summed E-state index contributed by atoms with van der Waals surface area (Å²) in [5.41, 5.74) is 2.12. The number of sulfonamides is 1. The molecule has 0 radical (unpaired) electrons. The molecular weight excluding hydrogens is 352 g/mol. The Bertz CT molecular complexity index is 881. The van der Waals surface area contributed by atoms with Crippen molar-refractivity contribution in [1.29, 1.82) is 0 Å². The van der Waals surface area contributed by atoms with Gasteiger partial charge in [0.2, 0.25) is 15.9 Å². The van der Waals surface area contributed by atoms with Crippen molar-refractivity contribution in [3.63, 3.8) is 0 Å². The monoisotopic (exact) mass is 376 g/mol. The van der Waals surface area contributed by atoms with Crippen molar-refractivity contribution in [1.82, 2.24) is 14.9 Å². The molecule has 0 bridgehead atoms. The van der Waals surface area contributed by atoms with Crippen LogP contribution in [0.1, 0.15) is 29.9 Å². The summed E-state index contributed by atoms with van der Waals surface area (Å²) in [6, 6.07) is 7.11. The van der Waals surface area contributed by atoms with Crippen molar-refractivity contribution in [3.8, 4) is 0 Å². The van der Waals surface area contributed by atoms with E-state index in [1.165, 1.54) is 0 Å². The Morgan fingerprint density at radius 3 is 2.77 bits per heavy atom. The van der Waals surface area contributed by atoms with Gasteiger partial charge in [-0.2, -0.15) is 0 Å². The van der Waals surface area contributed by atoms with Crippen LogP contribution in [0.5, 0.6) is 0 Å². The first kappa shape index (κ1) is 18.4. The number of aryl methyl sites for hydroxylation is 3. The van der Waals surface area contributed by atoms with Gasteiger partial charge in [-0.05, 0) is 31.4 Å². The zero-order valence-electron chi connectivity index (χ0n) is 15.1. The number of amides is 1. The van der Waals surface area contributed by atoms with Crippen molar-refractivity contribution < 1.29 is 13.2 Å². The molecule has 140 valence electrons. The molecule has 1 N–H and O–H groups in total. The Morgan fingerprint density at radius 2 is 2.08 bits per heavy atom. The van der Waals surface area contributed by atoms with E-state index in [1.54, 1.807) is 12.1 Å². The normalized spacial score (nSPS) is 13.9. The fourth-order valence-electron chi connectivity index (χ4n) is 3.16. The minimum atomic E-state index is -3.57. The van der Waals surface area contributed by atoms with Crippen LogP contribution in [0.3, 0.4) is 0 Å². The van der Waals surface area contributed by atoms with Crippen LogP contribution in [-0.4, -0.2) is 36.7 Å². The largest absolute Gasteiger partial charge is 0.349 e. The molecule has 1 aliphatic heterocycles. The molecule has 1 aliphatic rings.